The van der Waals surface area contributed by atoms with Crippen LogP contribution in [0.1, 0.15) is 46.6 Å². The molecular formula is C21H20ClN3O. The summed E-state index contributed by atoms with van der Waals surface area (Å²) in [6.45, 7) is 4.80. The summed E-state index contributed by atoms with van der Waals surface area (Å²) in [7, 11) is 0. The molecule has 26 heavy (non-hydrogen) atoms. The minimum atomic E-state index is -0.221. The number of carbonyl (C=O) groups excluding carboxylic acids is 1. The van der Waals surface area contributed by atoms with Crippen LogP contribution in [0, 0.1) is 6.92 Å². The van der Waals surface area contributed by atoms with Crippen LogP contribution in [0.3, 0.4) is 0 Å². The molecule has 2 aromatic carbocycles. The first-order chi connectivity index (χ1) is 12.6. The first kappa shape index (κ1) is 16.9. The molecule has 1 atom stereocenters. The minimum absolute atomic E-state index is 0.0161. The topological polar surface area (TPSA) is 49.0 Å². The molecule has 1 aromatic heterocycles. The predicted octanol–water partition coefficient (Wildman–Crippen LogP) is 4.99. The fourth-order valence-corrected chi connectivity index (χ4v) is 3.86. The van der Waals surface area contributed by atoms with Gasteiger partial charge in [-0.2, -0.15) is 5.10 Å². The zero-order chi connectivity index (χ0) is 18.3. The summed E-state index contributed by atoms with van der Waals surface area (Å²) in [6, 6.07) is 15.7. The average Bonchev–Trinajstić information content (AvgIpc) is 3.17. The molecule has 1 aliphatic rings. The van der Waals surface area contributed by atoms with Crippen LogP contribution in [-0.4, -0.2) is 27.5 Å². The van der Waals surface area contributed by atoms with Gasteiger partial charge in [0, 0.05) is 22.7 Å². The van der Waals surface area contributed by atoms with Crippen LogP contribution in [0.4, 0.5) is 0 Å². The van der Waals surface area contributed by atoms with Crippen LogP contribution in [0.25, 0.3) is 11.3 Å². The molecule has 2 heterocycles. The second kappa shape index (κ2) is 6.61. The van der Waals surface area contributed by atoms with Crippen molar-refractivity contribution in [3.63, 3.8) is 0 Å². The number of H-pyrrole nitrogens is 1. The molecule has 3 aromatic rings. The van der Waals surface area contributed by atoms with Gasteiger partial charge < -0.3 is 4.90 Å². The third kappa shape index (κ3) is 2.61. The highest BCUT2D eigenvalue weighted by molar-refractivity contribution is 6.31. The Bertz CT molecular complexity index is 962. The van der Waals surface area contributed by atoms with Gasteiger partial charge in [0.15, 0.2) is 0 Å². The number of aromatic nitrogens is 2. The van der Waals surface area contributed by atoms with E-state index in [0.717, 1.165) is 28.8 Å². The van der Waals surface area contributed by atoms with Crippen molar-refractivity contribution < 1.29 is 4.79 Å². The second-order valence-electron chi connectivity index (χ2n) is 6.65. The fourth-order valence-electron chi connectivity index (χ4n) is 3.62. The van der Waals surface area contributed by atoms with Gasteiger partial charge in [-0.3, -0.25) is 9.89 Å². The zero-order valence-electron chi connectivity index (χ0n) is 14.8. The lowest BCUT2D eigenvalue weighted by molar-refractivity contribution is 0.0744. The molecule has 0 saturated heterocycles. The number of aromatic amines is 1. The van der Waals surface area contributed by atoms with Crippen molar-refractivity contribution in [2.45, 2.75) is 26.3 Å². The molecular weight excluding hydrogens is 346 g/mol. The van der Waals surface area contributed by atoms with Gasteiger partial charge in [0.05, 0.1) is 11.7 Å². The fraction of sp³-hybridized carbons (Fsp3) is 0.238. The van der Waals surface area contributed by atoms with E-state index in [1.54, 1.807) is 0 Å². The van der Waals surface area contributed by atoms with Crippen molar-refractivity contribution in [3.8, 4) is 11.3 Å². The summed E-state index contributed by atoms with van der Waals surface area (Å²) in [5, 5.41) is 8.11. The van der Waals surface area contributed by atoms with Gasteiger partial charge in [0.1, 0.15) is 5.69 Å². The lowest BCUT2D eigenvalue weighted by atomic mass is 9.95. The van der Waals surface area contributed by atoms with Gasteiger partial charge in [-0.25, -0.2) is 0 Å². The number of nitrogens with zero attached hydrogens (tertiary/aromatic N) is 2. The Balaban J connectivity index is 1.91. The highest BCUT2D eigenvalue weighted by Gasteiger charge is 2.42. The van der Waals surface area contributed by atoms with Gasteiger partial charge in [-0.05, 0) is 25.0 Å². The highest BCUT2D eigenvalue weighted by atomic mass is 35.5. The first-order valence-corrected chi connectivity index (χ1v) is 9.20. The molecule has 0 fully saturated rings. The third-order valence-electron chi connectivity index (χ3n) is 4.85. The van der Waals surface area contributed by atoms with Crippen molar-refractivity contribution in [1.29, 1.82) is 0 Å². The van der Waals surface area contributed by atoms with Gasteiger partial charge in [-0.15, -0.1) is 0 Å². The van der Waals surface area contributed by atoms with Gasteiger partial charge in [-0.1, -0.05) is 66.6 Å². The molecule has 4 rings (SSSR count). The summed E-state index contributed by atoms with van der Waals surface area (Å²) in [4.78, 5) is 14.9. The Kier molecular flexibility index (Phi) is 4.29. The van der Waals surface area contributed by atoms with Crippen molar-refractivity contribution in [1.82, 2.24) is 15.1 Å². The normalized spacial score (nSPS) is 16.2. The highest BCUT2D eigenvalue weighted by Crippen LogP contribution is 2.44. The molecule has 5 heteroatoms. The lowest BCUT2D eigenvalue weighted by Crippen LogP contribution is -2.30. The molecule has 1 aliphatic heterocycles. The molecule has 1 unspecified atom stereocenters. The number of amides is 1. The quantitative estimate of drug-likeness (QED) is 0.707. The molecule has 1 amide bonds. The molecule has 1 N–H and O–H groups in total. The number of aryl methyl sites for hydroxylation is 1. The molecule has 4 nitrogen and oxygen atoms in total. The summed E-state index contributed by atoms with van der Waals surface area (Å²) in [6.07, 6.45) is 0.879. The monoisotopic (exact) mass is 365 g/mol. The number of rotatable bonds is 4. The van der Waals surface area contributed by atoms with Crippen molar-refractivity contribution in [3.05, 3.63) is 75.9 Å². The van der Waals surface area contributed by atoms with E-state index in [0.29, 0.717) is 17.3 Å². The number of hydrogen-bond donors (Lipinski definition) is 1. The smallest absolute Gasteiger partial charge is 0.273 e. The number of fused-ring (bicyclic) bond motifs is 1. The lowest BCUT2D eigenvalue weighted by Gasteiger charge is -2.26. The minimum Gasteiger partial charge on any atom is -0.326 e. The van der Waals surface area contributed by atoms with E-state index in [-0.39, 0.29) is 11.9 Å². The first-order valence-electron chi connectivity index (χ1n) is 8.82. The molecule has 0 radical (unpaired) electrons. The summed E-state index contributed by atoms with van der Waals surface area (Å²) < 4.78 is 0. The number of benzene rings is 2. The van der Waals surface area contributed by atoms with Crippen molar-refractivity contribution in [2.75, 3.05) is 6.54 Å². The van der Waals surface area contributed by atoms with E-state index in [1.165, 1.54) is 5.56 Å². The average molecular weight is 366 g/mol. The van der Waals surface area contributed by atoms with Crippen LogP contribution in [0.15, 0.2) is 48.5 Å². The molecule has 0 saturated carbocycles. The Morgan fingerprint density at radius 3 is 2.58 bits per heavy atom. The predicted molar refractivity (Wildman–Crippen MR) is 103 cm³/mol. The Hall–Kier alpha value is -2.59. The van der Waals surface area contributed by atoms with Crippen molar-refractivity contribution in [2.24, 2.45) is 0 Å². The summed E-state index contributed by atoms with van der Waals surface area (Å²) >= 11 is 6.50. The maximum atomic E-state index is 13.0. The van der Waals surface area contributed by atoms with Crippen LogP contribution < -0.4 is 0 Å². The van der Waals surface area contributed by atoms with E-state index in [9.17, 15) is 4.79 Å². The maximum Gasteiger partial charge on any atom is 0.273 e. The standard InChI is InChI=1S/C21H20ClN3O/c1-3-12-25-20(15-6-4-5-7-16(15)22)17-18(23-24-19(17)21(25)26)14-10-8-13(2)9-11-14/h4-11,20H,3,12H2,1-2H3,(H,23,24). The van der Waals surface area contributed by atoms with E-state index in [4.69, 9.17) is 11.6 Å². The van der Waals surface area contributed by atoms with Gasteiger partial charge in [0.25, 0.3) is 5.91 Å². The molecule has 0 spiro atoms. The van der Waals surface area contributed by atoms with Crippen LogP contribution in [-0.2, 0) is 0 Å². The maximum absolute atomic E-state index is 13.0. The summed E-state index contributed by atoms with van der Waals surface area (Å²) in [5.41, 5.74) is 5.42. The van der Waals surface area contributed by atoms with E-state index >= 15 is 0 Å². The number of halogens is 1. The van der Waals surface area contributed by atoms with Crippen LogP contribution in [0.5, 0.6) is 0 Å². The Morgan fingerprint density at radius 2 is 1.88 bits per heavy atom. The molecule has 0 bridgehead atoms. The second-order valence-corrected chi connectivity index (χ2v) is 7.06. The largest absolute Gasteiger partial charge is 0.326 e. The number of carbonyl (C=O) groups is 1. The van der Waals surface area contributed by atoms with Crippen LogP contribution in [0.2, 0.25) is 5.02 Å². The third-order valence-corrected chi connectivity index (χ3v) is 5.20. The summed E-state index contributed by atoms with van der Waals surface area (Å²) in [5.74, 6) is -0.0161. The SMILES string of the molecule is CCCN1C(=O)c2[nH]nc(-c3ccc(C)cc3)c2C1c1ccccc1Cl. The van der Waals surface area contributed by atoms with E-state index in [2.05, 4.69) is 36.2 Å². The molecule has 132 valence electrons. The Labute approximate surface area is 157 Å². The Morgan fingerprint density at radius 1 is 1.15 bits per heavy atom. The zero-order valence-corrected chi connectivity index (χ0v) is 15.5. The number of nitrogens with one attached hydrogen (secondary N) is 1. The van der Waals surface area contributed by atoms with Crippen LogP contribution >= 0.6 is 11.6 Å². The molecule has 0 aliphatic carbocycles. The van der Waals surface area contributed by atoms with E-state index in [1.807, 2.05) is 41.3 Å². The number of hydrogen-bond acceptors (Lipinski definition) is 2. The van der Waals surface area contributed by atoms with Crippen molar-refractivity contribution >= 4 is 17.5 Å². The van der Waals surface area contributed by atoms with E-state index < -0.39 is 0 Å². The van der Waals surface area contributed by atoms with Gasteiger partial charge in [0.2, 0.25) is 0 Å². The van der Waals surface area contributed by atoms with Gasteiger partial charge >= 0.3 is 0 Å².